The number of amides is 2. The number of β-amino-alcohol motifs (C(OH)–C–C–N with tert-alkyl or cyclic N) is 1. The molecule has 1 saturated heterocycles. The average molecular weight is 510 g/mol. The number of benzene rings is 1. The molecule has 4 rings (SSSR count). The second kappa shape index (κ2) is 12.2. The maximum Gasteiger partial charge on any atom is 0.248 e. The van der Waals surface area contributed by atoms with Crippen molar-refractivity contribution in [2.24, 2.45) is 5.92 Å². The third-order valence-electron chi connectivity index (χ3n) is 6.60. The number of hydrogen-bond acceptors (Lipinski definition) is 6. The smallest absolute Gasteiger partial charge is 0.248 e. The lowest BCUT2D eigenvalue weighted by atomic mass is 10.0. The summed E-state index contributed by atoms with van der Waals surface area (Å²) in [7, 11) is 0. The monoisotopic (exact) mass is 509 g/mol. The summed E-state index contributed by atoms with van der Waals surface area (Å²) in [6.07, 6.45) is 4.61. The van der Waals surface area contributed by atoms with E-state index in [1.807, 2.05) is 78.9 Å². The van der Waals surface area contributed by atoms with Crippen LogP contribution in [-0.4, -0.2) is 55.4 Å². The highest BCUT2D eigenvalue weighted by Crippen LogP contribution is 2.28. The van der Waals surface area contributed by atoms with E-state index in [2.05, 4.69) is 15.6 Å². The van der Waals surface area contributed by atoms with Crippen molar-refractivity contribution in [3.8, 4) is 11.1 Å². The maximum absolute atomic E-state index is 13.6. The Morgan fingerprint density at radius 3 is 2.35 bits per heavy atom. The van der Waals surface area contributed by atoms with Crippen molar-refractivity contribution in [3.05, 3.63) is 59.7 Å². The summed E-state index contributed by atoms with van der Waals surface area (Å²) in [6, 6.07) is 6.27. The zero-order valence-corrected chi connectivity index (χ0v) is 22.8. The molecule has 0 spiro atoms. The number of nitrogens with one attached hydrogen (secondary N) is 1. The van der Waals surface area contributed by atoms with Crippen molar-refractivity contribution >= 4 is 11.8 Å². The molecular formula is C28H39N5O4. The molecule has 4 atom stereocenters. The first kappa shape index (κ1) is 28.1. The number of likely N-dealkylation sites (tertiary alicyclic amines) is 1. The number of hydrogen-bond donors (Lipinski definition) is 2. The highest BCUT2D eigenvalue weighted by Gasteiger charge is 2.42. The van der Waals surface area contributed by atoms with Gasteiger partial charge in [0.25, 0.3) is 0 Å². The van der Waals surface area contributed by atoms with E-state index >= 15 is 0 Å². The predicted octanol–water partition coefficient (Wildman–Crippen LogP) is 4.22. The zero-order valence-electron chi connectivity index (χ0n) is 22.8. The van der Waals surface area contributed by atoms with Crippen LogP contribution in [0.5, 0.6) is 0 Å². The molecule has 9 nitrogen and oxygen atoms in total. The summed E-state index contributed by atoms with van der Waals surface area (Å²) >= 11 is 0. The Morgan fingerprint density at radius 1 is 1.14 bits per heavy atom. The van der Waals surface area contributed by atoms with Gasteiger partial charge >= 0.3 is 0 Å². The Morgan fingerprint density at radius 2 is 1.81 bits per heavy atom. The van der Waals surface area contributed by atoms with E-state index in [-0.39, 0.29) is 36.7 Å². The molecule has 37 heavy (non-hydrogen) atoms. The van der Waals surface area contributed by atoms with Gasteiger partial charge in [-0.1, -0.05) is 57.1 Å². The molecule has 2 N–H and O–H groups in total. The Hall–Kier alpha value is -3.46. The second-order valence-electron chi connectivity index (χ2n) is 9.75. The molecule has 200 valence electrons. The zero-order chi connectivity index (χ0) is 27.3. The second-order valence-corrected chi connectivity index (χ2v) is 9.75. The normalized spacial score (nSPS) is 18.8. The van der Waals surface area contributed by atoms with Gasteiger partial charge in [0.05, 0.1) is 24.0 Å². The molecule has 2 aromatic heterocycles. The Kier molecular flexibility index (Phi) is 9.26. The predicted molar refractivity (Wildman–Crippen MR) is 142 cm³/mol. The summed E-state index contributed by atoms with van der Waals surface area (Å²) in [4.78, 5) is 28.3. The third kappa shape index (κ3) is 6.28. The molecule has 1 aromatic carbocycles. The van der Waals surface area contributed by atoms with E-state index in [1.165, 1.54) is 4.90 Å². The quantitative estimate of drug-likeness (QED) is 0.493. The van der Waals surface area contributed by atoms with Crippen molar-refractivity contribution < 1.29 is 19.2 Å². The first-order valence-corrected chi connectivity index (χ1v) is 13.0. The molecule has 3 aromatic rings. The minimum absolute atomic E-state index is 0.0326. The van der Waals surface area contributed by atoms with Gasteiger partial charge in [0.1, 0.15) is 18.3 Å². The highest BCUT2D eigenvalue weighted by molar-refractivity contribution is 5.90. The fourth-order valence-corrected chi connectivity index (χ4v) is 4.68. The van der Waals surface area contributed by atoms with Gasteiger partial charge in [-0.15, -0.1) is 0 Å². The molecule has 1 aliphatic heterocycles. The summed E-state index contributed by atoms with van der Waals surface area (Å²) in [5, 5.41) is 21.6. The van der Waals surface area contributed by atoms with E-state index in [9.17, 15) is 14.7 Å². The van der Waals surface area contributed by atoms with E-state index < -0.39 is 18.2 Å². The van der Waals surface area contributed by atoms with Crippen molar-refractivity contribution in [2.75, 3.05) is 6.54 Å². The number of aliphatic hydroxyl groups is 1. The van der Waals surface area contributed by atoms with Gasteiger partial charge in [-0.05, 0) is 43.4 Å². The van der Waals surface area contributed by atoms with E-state index in [4.69, 9.17) is 4.52 Å². The van der Waals surface area contributed by atoms with Gasteiger partial charge < -0.3 is 19.8 Å². The standard InChI is InChI=1S/C26H33N5O4.C2H6/c1-15(2)24(31-12-16(3)11-27-31)26(34)30-13-21(32)10-23(30)25(33)28-17(4)19-6-8-20(9-7-19)22-14-35-29-18(22)5;1-2/h6-9,11-12,14-15,17,21,23-24,32H,10,13H2,1-5H3,(H,28,33);1-2H3. The summed E-state index contributed by atoms with van der Waals surface area (Å²) in [6.45, 7) is 13.7. The molecule has 4 unspecified atom stereocenters. The molecule has 0 radical (unpaired) electrons. The minimum Gasteiger partial charge on any atom is -0.391 e. The number of aryl methyl sites for hydroxylation is 2. The lowest BCUT2D eigenvalue weighted by Crippen LogP contribution is -2.49. The number of nitrogens with zero attached hydrogens (tertiary/aromatic N) is 4. The van der Waals surface area contributed by atoms with E-state index in [0.717, 1.165) is 27.9 Å². The fourth-order valence-electron chi connectivity index (χ4n) is 4.68. The SMILES string of the molecule is CC.Cc1cnn(C(C(=O)N2CC(O)CC2C(=O)NC(C)c2ccc(-c3conc3C)cc2)C(C)C)c1. The maximum atomic E-state index is 13.6. The number of carbonyl (C=O) groups excluding carboxylic acids is 2. The summed E-state index contributed by atoms with van der Waals surface area (Å²) < 4.78 is 6.68. The van der Waals surface area contributed by atoms with Gasteiger partial charge in [0, 0.05) is 24.7 Å². The van der Waals surface area contributed by atoms with Crippen LogP contribution in [0.15, 0.2) is 47.4 Å². The topological polar surface area (TPSA) is 113 Å². The molecule has 9 heteroatoms. The Labute approximate surface area is 218 Å². The van der Waals surface area contributed by atoms with Crippen molar-refractivity contribution in [2.45, 2.75) is 79.1 Å². The number of aliphatic hydroxyl groups excluding tert-OH is 1. The number of rotatable bonds is 7. The van der Waals surface area contributed by atoms with Crippen molar-refractivity contribution in [1.29, 1.82) is 0 Å². The van der Waals surface area contributed by atoms with Crippen LogP contribution >= 0.6 is 0 Å². The lowest BCUT2D eigenvalue weighted by Gasteiger charge is -2.30. The summed E-state index contributed by atoms with van der Waals surface area (Å²) in [5.74, 6) is -0.517. The molecule has 0 saturated carbocycles. The first-order chi connectivity index (χ1) is 17.7. The molecule has 0 bridgehead atoms. The van der Waals surface area contributed by atoms with Crippen molar-refractivity contribution in [1.82, 2.24) is 25.2 Å². The number of carbonyl (C=O) groups is 2. The van der Waals surface area contributed by atoms with E-state index in [0.29, 0.717) is 0 Å². The Balaban J connectivity index is 0.00000186. The van der Waals surface area contributed by atoms with Gasteiger partial charge in [-0.2, -0.15) is 5.10 Å². The van der Waals surface area contributed by atoms with Crippen LogP contribution in [0.1, 0.15) is 69.9 Å². The fraction of sp³-hybridized carbons (Fsp3) is 0.500. The van der Waals surface area contributed by atoms with Gasteiger partial charge in [0.2, 0.25) is 11.8 Å². The van der Waals surface area contributed by atoms with Gasteiger partial charge in [-0.25, -0.2) is 0 Å². The molecule has 1 fully saturated rings. The third-order valence-corrected chi connectivity index (χ3v) is 6.60. The van der Waals surface area contributed by atoms with Crippen LogP contribution in [0.25, 0.3) is 11.1 Å². The van der Waals surface area contributed by atoms with Crippen LogP contribution in [0.3, 0.4) is 0 Å². The molecule has 0 aliphatic carbocycles. The molecule has 1 aliphatic rings. The highest BCUT2D eigenvalue weighted by atomic mass is 16.5. The number of aromatic nitrogens is 3. The van der Waals surface area contributed by atoms with Crippen LogP contribution in [0.2, 0.25) is 0 Å². The minimum atomic E-state index is -0.747. The van der Waals surface area contributed by atoms with Crippen molar-refractivity contribution in [3.63, 3.8) is 0 Å². The largest absolute Gasteiger partial charge is 0.391 e. The van der Waals surface area contributed by atoms with E-state index in [1.54, 1.807) is 17.1 Å². The Bertz CT molecular complexity index is 1180. The van der Waals surface area contributed by atoms with Gasteiger partial charge in [0.15, 0.2) is 0 Å². The van der Waals surface area contributed by atoms with Crippen LogP contribution in [0, 0.1) is 19.8 Å². The van der Waals surface area contributed by atoms with Crippen LogP contribution < -0.4 is 5.32 Å². The van der Waals surface area contributed by atoms with Crippen LogP contribution in [-0.2, 0) is 9.59 Å². The average Bonchev–Trinajstić information content (AvgIpc) is 3.60. The first-order valence-electron chi connectivity index (χ1n) is 13.0. The molecular weight excluding hydrogens is 470 g/mol. The summed E-state index contributed by atoms with van der Waals surface area (Å²) in [5.41, 5.74) is 4.61. The lowest BCUT2D eigenvalue weighted by molar-refractivity contribution is -0.142. The van der Waals surface area contributed by atoms with Crippen LogP contribution in [0.4, 0.5) is 0 Å². The molecule has 2 amide bonds. The molecule has 3 heterocycles. The van der Waals surface area contributed by atoms with Gasteiger partial charge in [-0.3, -0.25) is 14.3 Å².